The van der Waals surface area contributed by atoms with Crippen LogP contribution in [-0.2, 0) is 11.2 Å². The topological polar surface area (TPSA) is 75.4 Å². The second-order valence-corrected chi connectivity index (χ2v) is 5.28. The molecule has 0 aliphatic heterocycles. The van der Waals surface area contributed by atoms with E-state index >= 15 is 0 Å². The molecule has 0 heterocycles. The van der Waals surface area contributed by atoms with Crippen molar-refractivity contribution in [3.05, 3.63) is 59.2 Å². The van der Waals surface area contributed by atoms with Crippen molar-refractivity contribution in [1.82, 2.24) is 0 Å². The van der Waals surface area contributed by atoms with Crippen LogP contribution in [0.1, 0.15) is 16.7 Å². The second kappa shape index (κ2) is 6.41. The number of aromatic hydroxyl groups is 1. The Labute approximate surface area is 124 Å². The zero-order valence-electron chi connectivity index (χ0n) is 12.3. The summed E-state index contributed by atoms with van der Waals surface area (Å²) in [5.74, 6) is -0.0102. The average molecular weight is 284 g/mol. The molecule has 4 nitrogen and oxygen atoms in total. The summed E-state index contributed by atoms with van der Waals surface area (Å²) in [5, 5.41) is 12.1. The lowest BCUT2D eigenvalue weighted by Crippen LogP contribution is -2.37. The van der Waals surface area contributed by atoms with Gasteiger partial charge in [-0.25, -0.2) is 0 Å². The number of rotatable bonds is 4. The molecule has 2 aromatic carbocycles. The van der Waals surface area contributed by atoms with Gasteiger partial charge in [-0.05, 0) is 55.2 Å². The molecule has 0 unspecified atom stereocenters. The number of amides is 1. The molecule has 0 radical (unpaired) electrons. The largest absolute Gasteiger partial charge is 0.508 e. The summed E-state index contributed by atoms with van der Waals surface area (Å²) >= 11 is 0. The minimum Gasteiger partial charge on any atom is -0.508 e. The molecule has 1 amide bonds. The summed E-state index contributed by atoms with van der Waals surface area (Å²) in [6, 6.07) is 12.0. The van der Waals surface area contributed by atoms with E-state index in [2.05, 4.69) is 5.32 Å². The quantitative estimate of drug-likeness (QED) is 0.807. The van der Waals surface area contributed by atoms with Gasteiger partial charge in [0.15, 0.2) is 0 Å². The molecule has 0 spiro atoms. The van der Waals surface area contributed by atoms with Gasteiger partial charge in [0.2, 0.25) is 5.91 Å². The summed E-state index contributed by atoms with van der Waals surface area (Å²) in [4.78, 5) is 12.2. The number of phenols is 1. The van der Waals surface area contributed by atoms with Gasteiger partial charge in [-0.3, -0.25) is 4.79 Å². The van der Waals surface area contributed by atoms with Crippen LogP contribution in [0.4, 0.5) is 5.69 Å². The molecule has 0 saturated carbocycles. The van der Waals surface area contributed by atoms with E-state index < -0.39 is 6.04 Å². The van der Waals surface area contributed by atoms with Gasteiger partial charge < -0.3 is 16.2 Å². The first-order chi connectivity index (χ1) is 9.95. The van der Waals surface area contributed by atoms with E-state index in [-0.39, 0.29) is 11.7 Å². The first-order valence-electron chi connectivity index (χ1n) is 6.87. The second-order valence-electron chi connectivity index (χ2n) is 5.28. The van der Waals surface area contributed by atoms with Crippen LogP contribution in [-0.4, -0.2) is 17.1 Å². The maximum absolute atomic E-state index is 12.2. The van der Waals surface area contributed by atoms with E-state index in [1.807, 2.05) is 32.0 Å². The van der Waals surface area contributed by atoms with Gasteiger partial charge in [0.05, 0.1) is 6.04 Å². The Morgan fingerprint density at radius 2 is 1.86 bits per heavy atom. The number of nitrogens with one attached hydrogen (secondary N) is 1. The number of anilines is 1. The van der Waals surface area contributed by atoms with Crippen molar-refractivity contribution in [3.8, 4) is 5.75 Å². The van der Waals surface area contributed by atoms with Crippen molar-refractivity contribution in [2.75, 3.05) is 5.32 Å². The van der Waals surface area contributed by atoms with Crippen LogP contribution in [0.25, 0.3) is 0 Å². The average Bonchev–Trinajstić information content (AvgIpc) is 2.45. The third kappa shape index (κ3) is 4.07. The molecule has 4 N–H and O–H groups in total. The summed E-state index contributed by atoms with van der Waals surface area (Å²) in [7, 11) is 0. The first kappa shape index (κ1) is 15.1. The standard InChI is InChI=1S/C17H20N2O2/c1-11-3-4-12(2)16(9-11)19-17(21)15(18)10-13-5-7-14(20)8-6-13/h3-9,15,20H,10,18H2,1-2H3,(H,19,21)/t15-/m1/s1. The lowest BCUT2D eigenvalue weighted by atomic mass is 10.1. The Kier molecular flexibility index (Phi) is 4.60. The summed E-state index contributed by atoms with van der Waals surface area (Å²) in [6.07, 6.45) is 0.428. The highest BCUT2D eigenvalue weighted by atomic mass is 16.3. The number of carbonyl (C=O) groups excluding carboxylic acids is 1. The molecule has 0 aromatic heterocycles. The Morgan fingerprint density at radius 3 is 2.52 bits per heavy atom. The van der Waals surface area contributed by atoms with Crippen molar-refractivity contribution >= 4 is 11.6 Å². The van der Waals surface area contributed by atoms with Gasteiger partial charge in [-0.1, -0.05) is 24.3 Å². The third-order valence-corrected chi connectivity index (χ3v) is 3.38. The van der Waals surface area contributed by atoms with Gasteiger partial charge in [0.25, 0.3) is 0 Å². The lowest BCUT2D eigenvalue weighted by Gasteiger charge is -2.14. The molecular formula is C17H20N2O2. The lowest BCUT2D eigenvalue weighted by molar-refractivity contribution is -0.117. The van der Waals surface area contributed by atoms with E-state index in [1.54, 1.807) is 24.3 Å². The number of phenolic OH excluding ortho intramolecular Hbond substituents is 1. The van der Waals surface area contributed by atoms with Crippen LogP contribution >= 0.6 is 0 Å². The molecule has 0 aliphatic carbocycles. The third-order valence-electron chi connectivity index (χ3n) is 3.38. The van der Waals surface area contributed by atoms with Gasteiger partial charge in [0, 0.05) is 5.69 Å². The predicted molar refractivity (Wildman–Crippen MR) is 84.3 cm³/mol. The normalized spacial score (nSPS) is 12.0. The minimum absolute atomic E-state index is 0.201. The maximum Gasteiger partial charge on any atom is 0.241 e. The van der Waals surface area contributed by atoms with Gasteiger partial charge >= 0.3 is 0 Å². The number of hydrogen-bond donors (Lipinski definition) is 3. The first-order valence-corrected chi connectivity index (χ1v) is 6.87. The van der Waals surface area contributed by atoms with Crippen molar-refractivity contribution in [3.63, 3.8) is 0 Å². The van der Waals surface area contributed by atoms with E-state index in [0.717, 1.165) is 22.4 Å². The SMILES string of the molecule is Cc1ccc(C)c(NC(=O)[C@H](N)Cc2ccc(O)cc2)c1. The Hall–Kier alpha value is -2.33. The zero-order chi connectivity index (χ0) is 15.4. The molecule has 2 aromatic rings. The fraction of sp³-hybridized carbons (Fsp3) is 0.235. The molecule has 110 valence electrons. The number of nitrogens with two attached hydrogens (primary N) is 1. The van der Waals surface area contributed by atoms with E-state index in [0.29, 0.717) is 6.42 Å². The van der Waals surface area contributed by atoms with Crippen molar-refractivity contribution < 1.29 is 9.90 Å². The highest BCUT2D eigenvalue weighted by molar-refractivity contribution is 5.95. The van der Waals surface area contributed by atoms with E-state index in [9.17, 15) is 9.90 Å². The van der Waals surface area contributed by atoms with Crippen LogP contribution in [0.3, 0.4) is 0 Å². The molecule has 0 aliphatic rings. The number of benzene rings is 2. The van der Waals surface area contributed by atoms with Crippen LogP contribution in [0.2, 0.25) is 0 Å². The van der Waals surface area contributed by atoms with Crippen molar-refractivity contribution in [1.29, 1.82) is 0 Å². The zero-order valence-corrected chi connectivity index (χ0v) is 12.3. The minimum atomic E-state index is -0.630. The summed E-state index contributed by atoms with van der Waals surface area (Å²) in [5.41, 5.74) is 9.75. The molecule has 21 heavy (non-hydrogen) atoms. The number of carbonyl (C=O) groups is 1. The van der Waals surface area contributed by atoms with Crippen LogP contribution < -0.4 is 11.1 Å². The predicted octanol–water partition coefficient (Wildman–Crippen LogP) is 2.52. The highest BCUT2D eigenvalue weighted by Gasteiger charge is 2.15. The maximum atomic E-state index is 12.2. The van der Waals surface area contributed by atoms with Crippen LogP contribution in [0, 0.1) is 13.8 Å². The molecule has 0 saturated heterocycles. The van der Waals surface area contributed by atoms with Gasteiger partial charge in [0.1, 0.15) is 5.75 Å². The smallest absolute Gasteiger partial charge is 0.241 e. The summed E-state index contributed by atoms with van der Waals surface area (Å²) < 4.78 is 0. The molecule has 0 bridgehead atoms. The van der Waals surface area contributed by atoms with Gasteiger partial charge in [-0.15, -0.1) is 0 Å². The Balaban J connectivity index is 2.02. The molecule has 0 fully saturated rings. The van der Waals surface area contributed by atoms with Crippen LogP contribution in [0.5, 0.6) is 5.75 Å². The van der Waals surface area contributed by atoms with Crippen molar-refractivity contribution in [2.45, 2.75) is 26.3 Å². The Morgan fingerprint density at radius 1 is 1.19 bits per heavy atom. The van der Waals surface area contributed by atoms with Crippen LogP contribution in [0.15, 0.2) is 42.5 Å². The molecular weight excluding hydrogens is 264 g/mol. The van der Waals surface area contributed by atoms with E-state index in [4.69, 9.17) is 5.73 Å². The van der Waals surface area contributed by atoms with Gasteiger partial charge in [-0.2, -0.15) is 0 Å². The Bertz CT molecular complexity index is 636. The van der Waals surface area contributed by atoms with Crippen molar-refractivity contribution in [2.24, 2.45) is 5.73 Å². The monoisotopic (exact) mass is 284 g/mol. The number of aryl methyl sites for hydroxylation is 2. The fourth-order valence-corrected chi connectivity index (χ4v) is 2.07. The molecule has 1 atom stereocenters. The summed E-state index contributed by atoms with van der Waals surface area (Å²) in [6.45, 7) is 3.92. The number of hydrogen-bond acceptors (Lipinski definition) is 3. The fourth-order valence-electron chi connectivity index (χ4n) is 2.07. The highest BCUT2D eigenvalue weighted by Crippen LogP contribution is 2.17. The van der Waals surface area contributed by atoms with E-state index in [1.165, 1.54) is 0 Å². The molecule has 4 heteroatoms. The molecule has 2 rings (SSSR count).